The lowest BCUT2D eigenvalue weighted by molar-refractivity contribution is -0.0166. The number of benzene rings is 1. The third-order valence-electron chi connectivity index (χ3n) is 6.13. The van der Waals surface area contributed by atoms with E-state index in [1.165, 1.54) is 12.4 Å². The summed E-state index contributed by atoms with van der Waals surface area (Å²) in [5.74, 6) is 0.327. The fraction of sp³-hybridized carbons (Fsp3) is 0.429. The van der Waals surface area contributed by atoms with Crippen molar-refractivity contribution in [1.29, 1.82) is 0 Å². The van der Waals surface area contributed by atoms with Crippen LogP contribution in [0.5, 0.6) is 5.75 Å². The first-order valence-electron chi connectivity index (χ1n) is 9.86. The highest BCUT2D eigenvalue weighted by Crippen LogP contribution is 2.37. The van der Waals surface area contributed by atoms with Gasteiger partial charge in [-0.3, -0.25) is 0 Å². The Hall–Kier alpha value is -2.55. The van der Waals surface area contributed by atoms with Gasteiger partial charge in [-0.05, 0) is 43.7 Å². The Labute approximate surface area is 167 Å². The zero-order valence-corrected chi connectivity index (χ0v) is 16.0. The maximum atomic E-state index is 14.1. The number of aliphatic hydroxyl groups excluding tert-OH is 2. The molecule has 1 aliphatic heterocycles. The number of hydrogen-bond acceptors (Lipinski definition) is 6. The summed E-state index contributed by atoms with van der Waals surface area (Å²) in [6.07, 6.45) is 1.71. The first kappa shape index (κ1) is 18.5. The van der Waals surface area contributed by atoms with Crippen molar-refractivity contribution < 1.29 is 19.3 Å². The molecule has 1 saturated carbocycles. The minimum atomic E-state index is -1.06. The molecule has 3 N–H and O–H groups in total. The SMILES string of the molecule is Cc1ncnc2c1ccn2C1CC(Oc2ccc(F)c3c2CNCC3)[C@@H](O)[C@H]1O. The van der Waals surface area contributed by atoms with Crippen LogP contribution in [-0.4, -0.2) is 49.6 Å². The summed E-state index contributed by atoms with van der Waals surface area (Å²) in [5, 5.41) is 25.5. The van der Waals surface area contributed by atoms with Crippen LogP contribution in [0.15, 0.2) is 30.7 Å². The highest BCUT2D eigenvalue weighted by Gasteiger charge is 2.44. The number of nitrogens with one attached hydrogen (secondary N) is 1. The molecule has 0 spiro atoms. The first-order chi connectivity index (χ1) is 14.0. The van der Waals surface area contributed by atoms with Gasteiger partial charge in [-0.15, -0.1) is 0 Å². The molecule has 8 heteroatoms. The molecular weight excluding hydrogens is 375 g/mol. The van der Waals surface area contributed by atoms with Gasteiger partial charge in [-0.2, -0.15) is 0 Å². The van der Waals surface area contributed by atoms with Crippen molar-refractivity contribution in [2.45, 2.75) is 50.7 Å². The molecule has 1 aromatic carbocycles. The Balaban J connectivity index is 1.44. The van der Waals surface area contributed by atoms with Gasteiger partial charge in [0.2, 0.25) is 0 Å². The molecule has 7 nitrogen and oxygen atoms in total. The molecule has 3 heterocycles. The lowest BCUT2D eigenvalue weighted by Gasteiger charge is -2.24. The fourth-order valence-corrected chi connectivity index (χ4v) is 4.53. The van der Waals surface area contributed by atoms with Crippen LogP contribution in [0.4, 0.5) is 4.39 Å². The number of aryl methyl sites for hydroxylation is 1. The zero-order valence-electron chi connectivity index (χ0n) is 16.0. The van der Waals surface area contributed by atoms with E-state index in [9.17, 15) is 14.6 Å². The second-order valence-corrected chi connectivity index (χ2v) is 7.79. The molecule has 0 bridgehead atoms. The normalized spacial score (nSPS) is 26.6. The van der Waals surface area contributed by atoms with Gasteiger partial charge in [-0.1, -0.05) is 0 Å². The van der Waals surface area contributed by atoms with E-state index in [1.54, 1.807) is 6.07 Å². The largest absolute Gasteiger partial charge is 0.487 e. The molecule has 2 aliphatic rings. The lowest BCUT2D eigenvalue weighted by Crippen LogP contribution is -2.35. The predicted molar refractivity (Wildman–Crippen MR) is 104 cm³/mol. The summed E-state index contributed by atoms with van der Waals surface area (Å²) < 4.78 is 22.1. The molecule has 3 aromatic rings. The van der Waals surface area contributed by atoms with E-state index in [1.807, 2.05) is 23.8 Å². The van der Waals surface area contributed by atoms with E-state index >= 15 is 0 Å². The molecular formula is C21H23FN4O3. The monoisotopic (exact) mass is 398 g/mol. The smallest absolute Gasteiger partial charge is 0.143 e. The molecule has 2 aromatic heterocycles. The number of nitrogens with zero attached hydrogens (tertiary/aromatic N) is 3. The van der Waals surface area contributed by atoms with Crippen LogP contribution in [0.25, 0.3) is 11.0 Å². The van der Waals surface area contributed by atoms with E-state index in [2.05, 4.69) is 15.3 Å². The Morgan fingerprint density at radius 3 is 2.90 bits per heavy atom. The number of aliphatic hydroxyl groups is 2. The number of ether oxygens (including phenoxy) is 1. The van der Waals surface area contributed by atoms with Crippen LogP contribution in [0, 0.1) is 12.7 Å². The summed E-state index contributed by atoms with van der Waals surface area (Å²) >= 11 is 0. The Morgan fingerprint density at radius 1 is 1.17 bits per heavy atom. The van der Waals surface area contributed by atoms with Crippen LogP contribution in [-0.2, 0) is 13.0 Å². The van der Waals surface area contributed by atoms with Crippen LogP contribution < -0.4 is 10.1 Å². The van der Waals surface area contributed by atoms with Crippen molar-refractivity contribution in [2.24, 2.45) is 0 Å². The summed E-state index contributed by atoms with van der Waals surface area (Å²) in [6.45, 7) is 3.16. The Bertz CT molecular complexity index is 1070. The lowest BCUT2D eigenvalue weighted by atomic mass is 9.99. The number of fused-ring (bicyclic) bond motifs is 2. The Morgan fingerprint density at radius 2 is 2.03 bits per heavy atom. The summed E-state index contributed by atoms with van der Waals surface area (Å²) in [7, 11) is 0. The van der Waals surface area contributed by atoms with Crippen LogP contribution in [0.3, 0.4) is 0 Å². The van der Waals surface area contributed by atoms with Gasteiger partial charge >= 0.3 is 0 Å². The third-order valence-corrected chi connectivity index (χ3v) is 6.13. The van der Waals surface area contributed by atoms with E-state index in [0.717, 1.165) is 28.8 Å². The summed E-state index contributed by atoms with van der Waals surface area (Å²) in [6, 6.07) is 4.56. The molecule has 0 saturated heterocycles. The standard InChI is InChI=1S/C21H23FN4O3/c1-11-12-5-7-26(21(12)25-10-24-11)16-8-18(20(28)19(16)27)29-17-3-2-15(22)13-4-6-23-9-14(13)17/h2-3,5,7,10,16,18-20,23,27-28H,4,6,8-9H2,1H3/t16?,18?,19-,20+/m0/s1. The second kappa shape index (κ2) is 7.05. The minimum Gasteiger partial charge on any atom is -0.487 e. The topological polar surface area (TPSA) is 92.4 Å². The first-order valence-corrected chi connectivity index (χ1v) is 9.86. The maximum Gasteiger partial charge on any atom is 0.143 e. The van der Waals surface area contributed by atoms with Crippen LogP contribution >= 0.6 is 0 Å². The van der Waals surface area contributed by atoms with E-state index in [-0.39, 0.29) is 11.9 Å². The number of halogens is 1. The van der Waals surface area contributed by atoms with E-state index in [0.29, 0.717) is 30.7 Å². The molecule has 0 amide bonds. The maximum absolute atomic E-state index is 14.1. The van der Waals surface area contributed by atoms with E-state index in [4.69, 9.17) is 4.74 Å². The van der Waals surface area contributed by atoms with Gasteiger partial charge in [0.25, 0.3) is 0 Å². The average Bonchev–Trinajstić information content (AvgIpc) is 3.28. The van der Waals surface area contributed by atoms with E-state index < -0.39 is 18.3 Å². The molecule has 4 atom stereocenters. The number of rotatable bonds is 3. The van der Waals surface area contributed by atoms with Crippen molar-refractivity contribution in [3.05, 3.63) is 53.4 Å². The molecule has 29 heavy (non-hydrogen) atoms. The van der Waals surface area contributed by atoms with Gasteiger partial charge in [-0.25, -0.2) is 14.4 Å². The van der Waals surface area contributed by atoms with Crippen molar-refractivity contribution in [2.75, 3.05) is 6.54 Å². The molecule has 0 radical (unpaired) electrons. The molecule has 1 fully saturated rings. The number of hydrogen-bond donors (Lipinski definition) is 3. The molecule has 152 valence electrons. The molecule has 1 aliphatic carbocycles. The summed E-state index contributed by atoms with van der Waals surface area (Å²) in [5.41, 5.74) is 3.03. The van der Waals surface area contributed by atoms with Crippen molar-refractivity contribution in [1.82, 2.24) is 19.9 Å². The van der Waals surface area contributed by atoms with Gasteiger partial charge < -0.3 is 24.8 Å². The van der Waals surface area contributed by atoms with Crippen LogP contribution in [0.2, 0.25) is 0 Å². The highest BCUT2D eigenvalue weighted by molar-refractivity contribution is 5.78. The highest BCUT2D eigenvalue weighted by atomic mass is 19.1. The van der Waals surface area contributed by atoms with Crippen molar-refractivity contribution in [3.63, 3.8) is 0 Å². The van der Waals surface area contributed by atoms with Gasteiger partial charge in [0.15, 0.2) is 0 Å². The molecule has 5 rings (SSSR count). The Kier molecular flexibility index (Phi) is 4.49. The van der Waals surface area contributed by atoms with Crippen molar-refractivity contribution in [3.8, 4) is 5.75 Å². The predicted octanol–water partition coefficient (Wildman–Crippen LogP) is 1.64. The van der Waals surface area contributed by atoms with Gasteiger partial charge in [0.1, 0.15) is 41.9 Å². The molecule has 2 unspecified atom stereocenters. The zero-order chi connectivity index (χ0) is 20.1. The quantitative estimate of drug-likeness (QED) is 0.621. The third kappa shape index (κ3) is 2.99. The number of aromatic nitrogens is 3. The van der Waals surface area contributed by atoms with Gasteiger partial charge in [0.05, 0.1) is 11.7 Å². The summed E-state index contributed by atoms with van der Waals surface area (Å²) in [4.78, 5) is 8.55. The minimum absolute atomic E-state index is 0.229. The average molecular weight is 398 g/mol. The second-order valence-electron chi connectivity index (χ2n) is 7.79. The van der Waals surface area contributed by atoms with Gasteiger partial charge in [0, 0.05) is 30.1 Å². The van der Waals surface area contributed by atoms with Crippen LogP contribution in [0.1, 0.15) is 29.3 Å². The van der Waals surface area contributed by atoms with Crippen molar-refractivity contribution >= 4 is 11.0 Å². The fourth-order valence-electron chi connectivity index (χ4n) is 4.53.